The Bertz CT molecular complexity index is 643. The maximum atomic E-state index is 11.7. The van der Waals surface area contributed by atoms with Gasteiger partial charge in [0.05, 0.1) is 4.90 Å². The second-order valence-corrected chi connectivity index (χ2v) is 5.32. The van der Waals surface area contributed by atoms with Gasteiger partial charge in [0.15, 0.2) is 5.82 Å². The molecule has 0 unspecified atom stereocenters. The van der Waals surface area contributed by atoms with Crippen LogP contribution in [-0.4, -0.2) is 48.6 Å². The molecule has 0 radical (unpaired) electrons. The molecular formula is C8H10BN5O3S. The summed E-state index contributed by atoms with van der Waals surface area (Å²) >= 11 is 0. The van der Waals surface area contributed by atoms with Gasteiger partial charge in [0.2, 0.25) is 10.0 Å². The van der Waals surface area contributed by atoms with Crippen molar-refractivity contribution in [3.8, 4) is 11.4 Å². The van der Waals surface area contributed by atoms with Crippen molar-refractivity contribution < 1.29 is 13.4 Å². The minimum Gasteiger partial charge on any atom is -0.449 e. The van der Waals surface area contributed by atoms with E-state index >= 15 is 0 Å². The van der Waals surface area contributed by atoms with Gasteiger partial charge in [-0.15, -0.1) is 5.10 Å². The standard InChI is InChI=1S/C8H10BN5O3S/c1-10-18(16,17)5-2-3-7(9-15)6(4-5)8-11-13-14-12-8/h2-4,9-10,15H,1H3,(H,11,12,13,14). The molecule has 10 heteroatoms. The predicted molar refractivity (Wildman–Crippen MR) is 64.9 cm³/mol. The topological polar surface area (TPSA) is 121 Å². The number of aromatic nitrogens is 4. The first-order chi connectivity index (χ1) is 8.58. The largest absolute Gasteiger partial charge is 0.449 e. The first kappa shape index (κ1) is 12.7. The van der Waals surface area contributed by atoms with E-state index in [-0.39, 0.29) is 12.4 Å². The Morgan fingerprint density at radius 2 is 2.22 bits per heavy atom. The van der Waals surface area contributed by atoms with Crippen molar-refractivity contribution in [2.45, 2.75) is 4.90 Å². The maximum Gasteiger partial charge on any atom is 0.305 e. The quantitative estimate of drug-likeness (QED) is 0.538. The molecule has 3 N–H and O–H groups in total. The van der Waals surface area contributed by atoms with Crippen LogP contribution in [0.4, 0.5) is 0 Å². The first-order valence-electron chi connectivity index (χ1n) is 5.00. The van der Waals surface area contributed by atoms with E-state index in [9.17, 15) is 13.4 Å². The monoisotopic (exact) mass is 267 g/mol. The lowest BCUT2D eigenvalue weighted by Crippen LogP contribution is -2.22. The lowest BCUT2D eigenvalue weighted by molar-refractivity contribution is 0.588. The van der Waals surface area contributed by atoms with E-state index in [2.05, 4.69) is 25.3 Å². The van der Waals surface area contributed by atoms with Crippen molar-refractivity contribution in [3.05, 3.63) is 18.2 Å². The summed E-state index contributed by atoms with van der Waals surface area (Å²) in [6.07, 6.45) is 0. The Morgan fingerprint density at radius 3 is 2.78 bits per heavy atom. The average molecular weight is 267 g/mol. The predicted octanol–water partition coefficient (Wildman–Crippen LogP) is -2.26. The van der Waals surface area contributed by atoms with Gasteiger partial charge in [-0.3, -0.25) is 0 Å². The van der Waals surface area contributed by atoms with Gasteiger partial charge in [0.1, 0.15) is 0 Å². The van der Waals surface area contributed by atoms with Crippen LogP contribution in [0.1, 0.15) is 0 Å². The van der Waals surface area contributed by atoms with Gasteiger partial charge in [-0.25, -0.2) is 18.2 Å². The number of H-pyrrole nitrogens is 1. The normalized spacial score (nSPS) is 11.4. The number of nitrogens with one attached hydrogen (secondary N) is 2. The molecule has 0 aliphatic heterocycles. The molecule has 2 aromatic rings. The van der Waals surface area contributed by atoms with Gasteiger partial charge >= 0.3 is 7.48 Å². The lowest BCUT2D eigenvalue weighted by atomic mass is 9.84. The molecule has 0 spiro atoms. The summed E-state index contributed by atoms with van der Waals surface area (Å²) in [5, 5.41) is 22.3. The van der Waals surface area contributed by atoms with Gasteiger partial charge in [-0.05, 0) is 35.1 Å². The molecule has 18 heavy (non-hydrogen) atoms. The van der Waals surface area contributed by atoms with Crippen LogP contribution < -0.4 is 10.2 Å². The smallest absolute Gasteiger partial charge is 0.305 e. The Morgan fingerprint density at radius 1 is 1.44 bits per heavy atom. The van der Waals surface area contributed by atoms with Crippen molar-refractivity contribution in [2.24, 2.45) is 0 Å². The molecule has 0 atom stereocenters. The zero-order chi connectivity index (χ0) is 13.2. The third-order valence-corrected chi connectivity index (χ3v) is 3.84. The molecule has 0 saturated heterocycles. The molecule has 1 heterocycles. The zero-order valence-corrected chi connectivity index (χ0v) is 10.3. The summed E-state index contributed by atoms with van der Waals surface area (Å²) in [6, 6.07) is 4.33. The SMILES string of the molecule is CNS(=O)(=O)c1ccc(BO)c(-c2nnn[nH]2)c1. The van der Waals surface area contributed by atoms with Crippen LogP contribution in [0.3, 0.4) is 0 Å². The van der Waals surface area contributed by atoms with Gasteiger partial charge < -0.3 is 5.02 Å². The molecule has 0 aliphatic carbocycles. The highest BCUT2D eigenvalue weighted by Crippen LogP contribution is 2.16. The molecule has 2 rings (SSSR count). The summed E-state index contributed by atoms with van der Waals surface area (Å²) in [5.74, 6) is 0.298. The minimum absolute atomic E-state index is 0.0774. The fraction of sp³-hybridized carbons (Fsp3) is 0.125. The van der Waals surface area contributed by atoms with Gasteiger partial charge in [0.25, 0.3) is 0 Å². The van der Waals surface area contributed by atoms with Crippen molar-refractivity contribution in [3.63, 3.8) is 0 Å². The summed E-state index contributed by atoms with van der Waals surface area (Å²) in [5.41, 5.74) is 0.974. The molecule has 94 valence electrons. The van der Waals surface area contributed by atoms with E-state index in [0.29, 0.717) is 16.9 Å². The molecule has 0 fully saturated rings. The van der Waals surface area contributed by atoms with Gasteiger partial charge in [0, 0.05) is 5.56 Å². The Labute approximate surface area is 104 Å². The Hall–Kier alpha value is -1.78. The van der Waals surface area contributed by atoms with E-state index < -0.39 is 10.0 Å². The van der Waals surface area contributed by atoms with Crippen molar-refractivity contribution >= 4 is 23.0 Å². The van der Waals surface area contributed by atoms with Crippen LogP contribution in [-0.2, 0) is 10.0 Å². The van der Waals surface area contributed by atoms with Gasteiger partial charge in [-0.1, -0.05) is 6.07 Å². The highest BCUT2D eigenvalue weighted by atomic mass is 32.2. The van der Waals surface area contributed by atoms with Crippen LogP contribution >= 0.6 is 0 Å². The molecule has 0 amide bonds. The van der Waals surface area contributed by atoms with E-state index in [1.165, 1.54) is 25.2 Å². The van der Waals surface area contributed by atoms with Crippen molar-refractivity contribution in [1.29, 1.82) is 0 Å². The van der Waals surface area contributed by atoms with Crippen molar-refractivity contribution in [2.75, 3.05) is 7.05 Å². The van der Waals surface area contributed by atoms with E-state index in [1.807, 2.05) is 0 Å². The van der Waals surface area contributed by atoms with Crippen LogP contribution in [0.2, 0.25) is 0 Å². The molecule has 0 aliphatic rings. The molecule has 8 nitrogen and oxygen atoms in total. The van der Waals surface area contributed by atoms with Crippen LogP contribution in [0.5, 0.6) is 0 Å². The average Bonchev–Trinajstić information content (AvgIpc) is 2.91. The number of aromatic amines is 1. The number of rotatable bonds is 4. The summed E-state index contributed by atoms with van der Waals surface area (Å²) in [6.45, 7) is 0. The number of tetrazole rings is 1. The second kappa shape index (κ2) is 4.84. The molecular weight excluding hydrogens is 257 g/mol. The molecule has 0 bridgehead atoms. The van der Waals surface area contributed by atoms with E-state index in [4.69, 9.17) is 0 Å². The summed E-state index contributed by atoms with van der Waals surface area (Å²) in [7, 11) is -2.47. The number of benzene rings is 1. The number of hydrogen-bond donors (Lipinski definition) is 3. The second-order valence-electron chi connectivity index (χ2n) is 3.43. The fourth-order valence-electron chi connectivity index (χ4n) is 1.47. The summed E-state index contributed by atoms with van der Waals surface area (Å²) < 4.78 is 25.6. The highest BCUT2D eigenvalue weighted by molar-refractivity contribution is 7.89. The highest BCUT2D eigenvalue weighted by Gasteiger charge is 2.16. The third kappa shape index (κ3) is 2.25. The number of sulfonamides is 1. The number of nitrogens with zero attached hydrogens (tertiary/aromatic N) is 3. The third-order valence-electron chi connectivity index (χ3n) is 2.43. The van der Waals surface area contributed by atoms with Crippen molar-refractivity contribution in [1.82, 2.24) is 25.3 Å². The van der Waals surface area contributed by atoms with Crippen LogP contribution in [0, 0.1) is 0 Å². The first-order valence-corrected chi connectivity index (χ1v) is 6.48. The zero-order valence-electron chi connectivity index (χ0n) is 9.45. The van der Waals surface area contributed by atoms with Crippen LogP contribution in [0.25, 0.3) is 11.4 Å². The Kier molecular flexibility index (Phi) is 3.41. The minimum atomic E-state index is -3.55. The van der Waals surface area contributed by atoms with Gasteiger partial charge in [-0.2, -0.15) is 0 Å². The van der Waals surface area contributed by atoms with E-state index in [0.717, 1.165) is 0 Å². The molecule has 0 saturated carbocycles. The Balaban J connectivity index is 2.60. The fourth-order valence-corrected chi connectivity index (χ4v) is 2.23. The summed E-state index contributed by atoms with van der Waals surface area (Å²) in [4.78, 5) is 0.0774. The lowest BCUT2D eigenvalue weighted by Gasteiger charge is -2.07. The molecule has 1 aromatic heterocycles. The number of hydrogen-bond acceptors (Lipinski definition) is 6. The van der Waals surface area contributed by atoms with E-state index in [1.54, 1.807) is 0 Å². The molecule has 1 aromatic carbocycles. The van der Waals surface area contributed by atoms with Crippen LogP contribution in [0.15, 0.2) is 23.1 Å². The maximum absolute atomic E-state index is 11.7.